The van der Waals surface area contributed by atoms with Gasteiger partial charge >= 0.3 is 0 Å². The molecule has 4 rings (SSSR count). The summed E-state index contributed by atoms with van der Waals surface area (Å²) in [7, 11) is 0. The fourth-order valence-electron chi connectivity index (χ4n) is 4.90. The van der Waals surface area contributed by atoms with Crippen LogP contribution in [0.15, 0.2) is 23.2 Å². The second-order valence-electron chi connectivity index (χ2n) is 7.73. The molecule has 0 bridgehead atoms. The summed E-state index contributed by atoms with van der Waals surface area (Å²) in [6, 6.07) is 8.89. The Hall–Kier alpha value is -1.47. The van der Waals surface area contributed by atoms with Gasteiger partial charge in [0.15, 0.2) is 5.17 Å². The van der Waals surface area contributed by atoms with Crippen LogP contribution < -0.4 is 0 Å². The third kappa shape index (κ3) is 3.08. The smallest absolute Gasteiger partial charge is 0.165 e. The number of thioether (sulfide) groups is 1. The number of nitriles is 1. The summed E-state index contributed by atoms with van der Waals surface area (Å²) in [5.74, 6) is 1.21. The van der Waals surface area contributed by atoms with E-state index in [-0.39, 0.29) is 0 Å². The molecule has 3 nitrogen and oxygen atoms in total. The standard InChI is InChI=1S/C21H27N3S/c1-2-17-13-16(14-22)9-10-19(17)23-20-24(18-7-3-4-8-18)21(15-25-20)11-5-6-12-21/h9-10,13,18H,2-8,11-12,15H2,1H3/b23-20+. The molecular weight excluding hydrogens is 326 g/mol. The fourth-order valence-corrected chi connectivity index (χ4v) is 6.37. The zero-order valence-electron chi connectivity index (χ0n) is 15.1. The Bertz CT molecular complexity index is 706. The molecule has 25 heavy (non-hydrogen) atoms. The summed E-state index contributed by atoms with van der Waals surface area (Å²) in [5, 5.41) is 10.4. The average molecular weight is 354 g/mol. The van der Waals surface area contributed by atoms with E-state index in [1.54, 1.807) is 0 Å². The van der Waals surface area contributed by atoms with E-state index >= 15 is 0 Å². The zero-order chi connectivity index (χ0) is 17.3. The molecule has 1 spiro atoms. The highest BCUT2D eigenvalue weighted by Crippen LogP contribution is 2.48. The molecule has 1 aromatic carbocycles. The SMILES string of the molecule is CCc1cc(C#N)ccc1/N=C1/SCC2(CCCC2)N1C1CCCC1. The van der Waals surface area contributed by atoms with Gasteiger partial charge in [0.2, 0.25) is 0 Å². The largest absolute Gasteiger partial charge is 0.342 e. The Labute approximate surface area is 155 Å². The van der Waals surface area contributed by atoms with Crippen LogP contribution in [0, 0.1) is 11.3 Å². The van der Waals surface area contributed by atoms with Gasteiger partial charge in [-0.2, -0.15) is 5.26 Å². The van der Waals surface area contributed by atoms with Gasteiger partial charge in [-0.25, -0.2) is 4.99 Å². The molecule has 0 unspecified atom stereocenters. The molecule has 1 heterocycles. The van der Waals surface area contributed by atoms with Gasteiger partial charge in [0.25, 0.3) is 0 Å². The number of hydrogen-bond acceptors (Lipinski definition) is 3. The van der Waals surface area contributed by atoms with Crippen molar-refractivity contribution in [2.24, 2.45) is 4.99 Å². The van der Waals surface area contributed by atoms with Crippen molar-refractivity contribution in [2.75, 3.05) is 5.75 Å². The lowest BCUT2D eigenvalue weighted by molar-refractivity contribution is 0.163. The first-order valence-electron chi connectivity index (χ1n) is 9.79. The van der Waals surface area contributed by atoms with Crippen molar-refractivity contribution in [1.29, 1.82) is 5.26 Å². The summed E-state index contributed by atoms with van der Waals surface area (Å²) >= 11 is 1.97. The molecule has 3 fully saturated rings. The fraction of sp³-hybridized carbons (Fsp3) is 0.619. The van der Waals surface area contributed by atoms with Crippen LogP contribution in [0.5, 0.6) is 0 Å². The minimum atomic E-state index is 0.372. The number of benzene rings is 1. The molecule has 0 N–H and O–H groups in total. The van der Waals surface area contributed by atoms with Crippen LogP contribution in [0.1, 0.15) is 69.4 Å². The minimum Gasteiger partial charge on any atom is -0.342 e. The van der Waals surface area contributed by atoms with Crippen LogP contribution in [0.4, 0.5) is 5.69 Å². The van der Waals surface area contributed by atoms with E-state index in [2.05, 4.69) is 17.9 Å². The van der Waals surface area contributed by atoms with Gasteiger partial charge in [0.05, 0.1) is 22.9 Å². The highest BCUT2D eigenvalue weighted by molar-refractivity contribution is 8.14. The maximum atomic E-state index is 9.16. The molecule has 1 aliphatic heterocycles. The van der Waals surface area contributed by atoms with Crippen molar-refractivity contribution in [2.45, 2.75) is 76.3 Å². The molecule has 4 heteroatoms. The summed E-state index contributed by atoms with van der Waals surface area (Å²) in [6.45, 7) is 2.15. The molecule has 1 saturated heterocycles. The minimum absolute atomic E-state index is 0.372. The normalized spacial score (nSPS) is 24.5. The van der Waals surface area contributed by atoms with Crippen LogP contribution in [-0.4, -0.2) is 27.4 Å². The van der Waals surface area contributed by atoms with E-state index in [1.807, 2.05) is 30.0 Å². The van der Waals surface area contributed by atoms with Crippen molar-refractivity contribution in [3.05, 3.63) is 29.3 Å². The average Bonchev–Trinajstić information content (AvgIpc) is 3.38. The molecule has 0 radical (unpaired) electrons. The molecule has 3 aliphatic rings. The lowest BCUT2D eigenvalue weighted by Gasteiger charge is -2.40. The van der Waals surface area contributed by atoms with Gasteiger partial charge in [-0.1, -0.05) is 44.4 Å². The van der Waals surface area contributed by atoms with Crippen LogP contribution in [0.2, 0.25) is 0 Å². The second kappa shape index (κ2) is 7.03. The monoisotopic (exact) mass is 353 g/mol. The molecule has 0 amide bonds. The first-order valence-corrected chi connectivity index (χ1v) is 10.8. The Morgan fingerprint density at radius 2 is 2.00 bits per heavy atom. The van der Waals surface area contributed by atoms with E-state index in [9.17, 15) is 0 Å². The molecule has 132 valence electrons. The van der Waals surface area contributed by atoms with Gasteiger partial charge in [-0.05, 0) is 55.9 Å². The number of nitrogens with zero attached hydrogens (tertiary/aromatic N) is 3. The maximum Gasteiger partial charge on any atom is 0.165 e. The number of aryl methyl sites for hydroxylation is 1. The molecule has 1 aromatic rings. The lowest BCUT2D eigenvalue weighted by atomic mass is 9.95. The van der Waals surface area contributed by atoms with E-state index in [4.69, 9.17) is 10.3 Å². The van der Waals surface area contributed by atoms with Gasteiger partial charge < -0.3 is 4.90 Å². The first kappa shape index (κ1) is 17.0. The van der Waals surface area contributed by atoms with Crippen molar-refractivity contribution in [1.82, 2.24) is 4.90 Å². The topological polar surface area (TPSA) is 39.4 Å². The number of aliphatic imine (C=N–C) groups is 1. The van der Waals surface area contributed by atoms with Gasteiger partial charge in [-0.15, -0.1) is 0 Å². The maximum absolute atomic E-state index is 9.16. The van der Waals surface area contributed by atoms with E-state index < -0.39 is 0 Å². The summed E-state index contributed by atoms with van der Waals surface area (Å²) in [4.78, 5) is 7.89. The number of hydrogen-bond donors (Lipinski definition) is 0. The molecule has 0 atom stereocenters. The van der Waals surface area contributed by atoms with E-state index in [1.165, 1.54) is 67.9 Å². The number of amidine groups is 1. The Balaban J connectivity index is 1.71. The first-order chi connectivity index (χ1) is 12.3. The molecule has 2 aliphatic carbocycles. The van der Waals surface area contributed by atoms with Gasteiger partial charge in [-0.3, -0.25) is 0 Å². The van der Waals surface area contributed by atoms with Crippen LogP contribution >= 0.6 is 11.8 Å². The predicted molar refractivity (Wildman–Crippen MR) is 105 cm³/mol. The van der Waals surface area contributed by atoms with Gasteiger partial charge in [0.1, 0.15) is 0 Å². The van der Waals surface area contributed by atoms with Crippen LogP contribution in [0.25, 0.3) is 0 Å². The van der Waals surface area contributed by atoms with Crippen molar-refractivity contribution >= 4 is 22.6 Å². The summed E-state index contributed by atoms with van der Waals surface area (Å²) < 4.78 is 0. The summed E-state index contributed by atoms with van der Waals surface area (Å²) in [6.07, 6.45) is 11.7. The second-order valence-corrected chi connectivity index (χ2v) is 8.67. The van der Waals surface area contributed by atoms with Crippen molar-refractivity contribution in [3.8, 4) is 6.07 Å². The van der Waals surface area contributed by atoms with E-state index in [0.29, 0.717) is 11.6 Å². The van der Waals surface area contributed by atoms with Crippen LogP contribution in [-0.2, 0) is 6.42 Å². The molecule has 2 saturated carbocycles. The molecule has 0 aromatic heterocycles. The molecular formula is C21H27N3S. The third-order valence-corrected chi connectivity index (χ3v) is 7.44. The van der Waals surface area contributed by atoms with Crippen LogP contribution in [0.3, 0.4) is 0 Å². The van der Waals surface area contributed by atoms with Crippen molar-refractivity contribution < 1.29 is 0 Å². The Kier molecular flexibility index (Phi) is 4.78. The van der Waals surface area contributed by atoms with Crippen molar-refractivity contribution in [3.63, 3.8) is 0 Å². The number of rotatable bonds is 3. The Morgan fingerprint density at radius 3 is 2.68 bits per heavy atom. The quantitative estimate of drug-likeness (QED) is 0.729. The highest BCUT2D eigenvalue weighted by Gasteiger charge is 2.49. The van der Waals surface area contributed by atoms with Gasteiger partial charge in [0, 0.05) is 11.8 Å². The predicted octanol–water partition coefficient (Wildman–Crippen LogP) is 5.41. The summed E-state index contributed by atoms with van der Waals surface area (Å²) in [5.41, 5.74) is 3.35. The Morgan fingerprint density at radius 1 is 1.24 bits per heavy atom. The van der Waals surface area contributed by atoms with E-state index in [0.717, 1.165) is 17.7 Å². The lowest BCUT2D eigenvalue weighted by Crippen LogP contribution is -2.50. The zero-order valence-corrected chi connectivity index (χ0v) is 15.9. The third-order valence-electron chi connectivity index (χ3n) is 6.22. The highest BCUT2D eigenvalue weighted by atomic mass is 32.2.